The van der Waals surface area contributed by atoms with Gasteiger partial charge in [-0.1, -0.05) is 0 Å². The van der Waals surface area contributed by atoms with Crippen molar-refractivity contribution in [1.82, 2.24) is 14.1 Å². The zero-order chi connectivity index (χ0) is 16.7. The highest BCUT2D eigenvalue weighted by Crippen LogP contribution is 2.23. The van der Waals surface area contributed by atoms with Gasteiger partial charge in [0, 0.05) is 25.3 Å². The molecule has 0 aliphatic heterocycles. The van der Waals surface area contributed by atoms with E-state index < -0.39 is 4.92 Å². The van der Waals surface area contributed by atoms with E-state index in [1.807, 2.05) is 18.2 Å². The fraction of sp³-hybridized carbons (Fsp3) is 0.200. The Morgan fingerprint density at radius 1 is 1.17 bits per heavy atom. The van der Waals surface area contributed by atoms with Crippen molar-refractivity contribution in [2.45, 2.75) is 6.92 Å². The van der Waals surface area contributed by atoms with E-state index in [0.29, 0.717) is 11.4 Å². The van der Waals surface area contributed by atoms with Crippen LogP contribution in [0.5, 0.6) is 0 Å². The zero-order valence-electron chi connectivity index (χ0n) is 12.9. The Morgan fingerprint density at radius 2 is 1.87 bits per heavy atom. The average molecular weight is 313 g/mol. The summed E-state index contributed by atoms with van der Waals surface area (Å²) in [5, 5.41) is 13.9. The number of imidazole rings is 1. The number of nitrogens with one attached hydrogen (secondary N) is 1. The second-order valence-corrected chi connectivity index (χ2v) is 5.34. The molecule has 0 amide bonds. The summed E-state index contributed by atoms with van der Waals surface area (Å²) >= 11 is 0. The van der Waals surface area contributed by atoms with E-state index in [4.69, 9.17) is 0 Å². The molecular weight excluding hydrogens is 298 g/mol. The molecule has 0 saturated heterocycles. The highest BCUT2D eigenvalue weighted by atomic mass is 16.6. The van der Waals surface area contributed by atoms with Crippen LogP contribution in [0.1, 0.15) is 5.56 Å². The van der Waals surface area contributed by atoms with Crippen LogP contribution in [0, 0.1) is 17.0 Å². The molecular formula is C15H15N5O3. The lowest BCUT2D eigenvalue weighted by atomic mass is 10.2. The Balaban J connectivity index is 1.99. The van der Waals surface area contributed by atoms with Gasteiger partial charge in [-0.3, -0.25) is 19.2 Å². The van der Waals surface area contributed by atoms with Crippen molar-refractivity contribution in [3.05, 3.63) is 56.6 Å². The van der Waals surface area contributed by atoms with Gasteiger partial charge < -0.3 is 5.32 Å². The Kier molecular flexibility index (Phi) is 3.36. The van der Waals surface area contributed by atoms with Gasteiger partial charge in [0.2, 0.25) is 0 Å². The second-order valence-electron chi connectivity index (χ2n) is 5.34. The molecule has 8 nitrogen and oxygen atoms in total. The van der Waals surface area contributed by atoms with E-state index >= 15 is 0 Å². The minimum Gasteiger partial charge on any atom is -0.340 e. The van der Waals surface area contributed by atoms with Crippen LogP contribution < -0.4 is 11.0 Å². The zero-order valence-corrected chi connectivity index (χ0v) is 12.9. The number of nitrogens with zero attached hydrogens (tertiary/aromatic N) is 4. The molecule has 0 unspecified atom stereocenters. The lowest BCUT2D eigenvalue weighted by Crippen LogP contribution is -2.19. The van der Waals surface area contributed by atoms with Crippen molar-refractivity contribution >= 4 is 28.2 Å². The maximum atomic E-state index is 11.9. The van der Waals surface area contributed by atoms with Crippen molar-refractivity contribution in [1.29, 1.82) is 0 Å². The number of fused-ring (bicyclic) bond motifs is 1. The third-order valence-corrected chi connectivity index (χ3v) is 3.82. The number of hydrogen-bond acceptors (Lipinski definition) is 5. The predicted octanol–water partition coefficient (Wildman–Crippen LogP) is 2.23. The molecule has 3 rings (SSSR count). The van der Waals surface area contributed by atoms with Crippen LogP contribution in [0.4, 0.5) is 17.2 Å². The van der Waals surface area contributed by atoms with Gasteiger partial charge in [-0.05, 0) is 31.2 Å². The van der Waals surface area contributed by atoms with E-state index in [1.165, 1.54) is 6.20 Å². The number of pyridine rings is 1. The molecule has 23 heavy (non-hydrogen) atoms. The van der Waals surface area contributed by atoms with Crippen molar-refractivity contribution in [2.75, 3.05) is 5.32 Å². The van der Waals surface area contributed by atoms with E-state index in [9.17, 15) is 14.9 Å². The van der Waals surface area contributed by atoms with Gasteiger partial charge in [0.1, 0.15) is 12.0 Å². The molecule has 2 aromatic heterocycles. The third kappa shape index (κ3) is 2.44. The first-order chi connectivity index (χ1) is 10.9. The highest BCUT2D eigenvalue weighted by molar-refractivity contribution is 5.81. The van der Waals surface area contributed by atoms with Gasteiger partial charge in [0.25, 0.3) is 5.69 Å². The molecule has 0 saturated carbocycles. The van der Waals surface area contributed by atoms with Crippen LogP contribution in [0.25, 0.3) is 11.0 Å². The summed E-state index contributed by atoms with van der Waals surface area (Å²) in [7, 11) is 3.43. The monoisotopic (exact) mass is 313 g/mol. The van der Waals surface area contributed by atoms with Crippen molar-refractivity contribution in [3.8, 4) is 0 Å². The molecule has 118 valence electrons. The first kappa shape index (κ1) is 14.8. The fourth-order valence-electron chi connectivity index (χ4n) is 2.54. The lowest BCUT2D eigenvalue weighted by molar-refractivity contribution is -0.385. The largest absolute Gasteiger partial charge is 0.340 e. The molecule has 0 radical (unpaired) electrons. The molecule has 0 aliphatic carbocycles. The van der Waals surface area contributed by atoms with Crippen LogP contribution in [0.15, 0.2) is 35.3 Å². The van der Waals surface area contributed by atoms with Crippen LogP contribution in [-0.4, -0.2) is 19.0 Å². The maximum Gasteiger partial charge on any atom is 0.328 e. The third-order valence-electron chi connectivity index (χ3n) is 3.82. The van der Waals surface area contributed by atoms with Crippen LogP contribution in [0.3, 0.4) is 0 Å². The summed E-state index contributed by atoms with van der Waals surface area (Å²) in [5.74, 6) is 0.508. The first-order valence-corrected chi connectivity index (χ1v) is 6.92. The average Bonchev–Trinajstić information content (AvgIpc) is 2.72. The highest BCUT2D eigenvalue weighted by Gasteiger charge is 2.12. The summed E-state index contributed by atoms with van der Waals surface area (Å²) < 4.78 is 3.14. The van der Waals surface area contributed by atoms with Crippen LogP contribution in [-0.2, 0) is 14.1 Å². The Hall–Kier alpha value is -3.16. The van der Waals surface area contributed by atoms with E-state index in [-0.39, 0.29) is 11.4 Å². The number of aryl methyl sites for hydroxylation is 3. The Bertz CT molecular complexity index is 987. The first-order valence-electron chi connectivity index (χ1n) is 6.92. The smallest absolute Gasteiger partial charge is 0.328 e. The van der Waals surface area contributed by atoms with Gasteiger partial charge in [0.05, 0.1) is 16.0 Å². The number of benzene rings is 1. The molecule has 8 heteroatoms. The topological polar surface area (TPSA) is 95.0 Å². The van der Waals surface area contributed by atoms with Crippen molar-refractivity contribution in [2.24, 2.45) is 14.1 Å². The molecule has 1 aromatic carbocycles. The van der Waals surface area contributed by atoms with Crippen LogP contribution >= 0.6 is 0 Å². The maximum absolute atomic E-state index is 11.9. The normalized spacial score (nSPS) is 10.9. The van der Waals surface area contributed by atoms with Gasteiger partial charge in [-0.15, -0.1) is 0 Å². The molecule has 0 aliphatic rings. The second kappa shape index (κ2) is 5.24. The minimum atomic E-state index is -0.460. The fourth-order valence-corrected chi connectivity index (χ4v) is 2.54. The van der Waals surface area contributed by atoms with Gasteiger partial charge in [0.15, 0.2) is 0 Å². The van der Waals surface area contributed by atoms with E-state index in [0.717, 1.165) is 16.7 Å². The molecule has 0 spiro atoms. The quantitative estimate of drug-likeness (QED) is 0.591. The number of aromatic nitrogens is 3. The molecule has 1 N–H and O–H groups in total. The molecule has 3 aromatic rings. The summed E-state index contributed by atoms with van der Waals surface area (Å²) in [5.41, 5.74) is 2.79. The molecule has 2 heterocycles. The van der Waals surface area contributed by atoms with Crippen LogP contribution in [0.2, 0.25) is 0 Å². The number of nitro groups is 1. The van der Waals surface area contributed by atoms with Crippen molar-refractivity contribution in [3.63, 3.8) is 0 Å². The number of rotatable bonds is 3. The molecule has 0 atom stereocenters. The van der Waals surface area contributed by atoms with Gasteiger partial charge >= 0.3 is 5.69 Å². The Labute approximate surface area is 131 Å². The minimum absolute atomic E-state index is 0.0172. The molecule has 0 fully saturated rings. The van der Waals surface area contributed by atoms with Gasteiger partial charge in [-0.2, -0.15) is 0 Å². The Morgan fingerprint density at radius 3 is 2.52 bits per heavy atom. The summed E-state index contributed by atoms with van der Waals surface area (Å²) in [6.07, 6.45) is 1.23. The van der Waals surface area contributed by atoms with Gasteiger partial charge in [-0.25, -0.2) is 9.78 Å². The number of hydrogen-bond donors (Lipinski definition) is 1. The lowest BCUT2D eigenvalue weighted by Gasteiger charge is -2.07. The summed E-state index contributed by atoms with van der Waals surface area (Å²) in [6.45, 7) is 1.66. The summed E-state index contributed by atoms with van der Waals surface area (Å²) in [6, 6.07) is 7.14. The standard InChI is InChI=1S/C15H15N5O3/c1-9-6-14(16-8-13(9)20(22)23)17-10-4-5-11-12(7-10)19(3)15(21)18(11)2/h4-8H,1-3H3,(H,16,17). The predicted molar refractivity (Wildman–Crippen MR) is 87.1 cm³/mol. The van der Waals surface area contributed by atoms with Crippen molar-refractivity contribution < 1.29 is 4.92 Å². The van der Waals surface area contributed by atoms with E-state index in [2.05, 4.69) is 10.3 Å². The SMILES string of the molecule is Cc1cc(Nc2ccc3c(c2)n(C)c(=O)n3C)ncc1[N+](=O)[O-]. The molecule has 0 bridgehead atoms. The number of anilines is 2. The summed E-state index contributed by atoms with van der Waals surface area (Å²) in [4.78, 5) is 26.3. The van der Waals surface area contributed by atoms with E-state index in [1.54, 1.807) is 36.2 Å².